The number of thiophene rings is 1. The first-order valence-corrected chi connectivity index (χ1v) is 8.78. The molecule has 2 heterocycles. The third kappa shape index (κ3) is 4.02. The lowest BCUT2D eigenvalue weighted by molar-refractivity contribution is 0.0944. The number of hydrogen-bond donors (Lipinski definition) is 1. The summed E-state index contributed by atoms with van der Waals surface area (Å²) < 4.78 is 28.4. The van der Waals surface area contributed by atoms with Crippen molar-refractivity contribution >= 4 is 17.2 Å². The summed E-state index contributed by atoms with van der Waals surface area (Å²) in [5, 5.41) is 8.67. The molecule has 0 atom stereocenters. The first-order chi connectivity index (χ1) is 12.6. The molecule has 8 heteroatoms. The standard InChI is InChI=1S/C18H15F2N3O2S/c19-12-4-1-5-13(20)17(12)18(25)21-9-3-10-23-16(24)8-7-14(22-23)15-6-2-11-26-15/h1-2,4-8,11H,3,9-10H2,(H,21,25). The maximum atomic E-state index is 13.6. The normalized spacial score (nSPS) is 10.7. The van der Waals surface area contributed by atoms with E-state index >= 15 is 0 Å². The van der Waals surface area contributed by atoms with Crippen molar-refractivity contribution in [1.29, 1.82) is 0 Å². The van der Waals surface area contributed by atoms with Crippen LogP contribution in [0, 0.1) is 11.6 Å². The highest BCUT2D eigenvalue weighted by Crippen LogP contribution is 2.21. The van der Waals surface area contributed by atoms with Gasteiger partial charge in [0, 0.05) is 19.2 Å². The third-order valence-electron chi connectivity index (χ3n) is 3.66. The van der Waals surface area contributed by atoms with Gasteiger partial charge in [0.25, 0.3) is 11.5 Å². The molecule has 0 fully saturated rings. The van der Waals surface area contributed by atoms with Crippen LogP contribution in [0.2, 0.25) is 0 Å². The van der Waals surface area contributed by atoms with E-state index in [0.29, 0.717) is 12.1 Å². The molecule has 1 amide bonds. The Kier molecular flexibility index (Phi) is 5.52. The van der Waals surface area contributed by atoms with E-state index in [2.05, 4.69) is 10.4 Å². The second-order valence-corrected chi connectivity index (χ2v) is 6.41. The Morgan fingerprint density at radius 1 is 1.12 bits per heavy atom. The maximum absolute atomic E-state index is 13.6. The fourth-order valence-electron chi connectivity index (χ4n) is 2.40. The van der Waals surface area contributed by atoms with Gasteiger partial charge in [-0.15, -0.1) is 11.3 Å². The van der Waals surface area contributed by atoms with E-state index in [4.69, 9.17) is 0 Å². The average molecular weight is 375 g/mol. The number of hydrogen-bond acceptors (Lipinski definition) is 4. The smallest absolute Gasteiger partial charge is 0.266 e. The molecule has 5 nitrogen and oxygen atoms in total. The van der Waals surface area contributed by atoms with Gasteiger partial charge in [0.15, 0.2) is 0 Å². The monoisotopic (exact) mass is 375 g/mol. The van der Waals surface area contributed by atoms with Crippen molar-refractivity contribution in [3.8, 4) is 10.6 Å². The van der Waals surface area contributed by atoms with Crippen LogP contribution < -0.4 is 10.9 Å². The van der Waals surface area contributed by atoms with Gasteiger partial charge in [-0.1, -0.05) is 12.1 Å². The zero-order valence-electron chi connectivity index (χ0n) is 13.6. The molecule has 0 bridgehead atoms. The number of benzene rings is 1. The minimum absolute atomic E-state index is 0.157. The van der Waals surface area contributed by atoms with E-state index in [-0.39, 0.29) is 18.6 Å². The molecule has 3 rings (SSSR count). The number of aryl methyl sites for hydroxylation is 1. The van der Waals surface area contributed by atoms with Crippen LogP contribution >= 0.6 is 11.3 Å². The van der Waals surface area contributed by atoms with Crippen LogP contribution in [-0.4, -0.2) is 22.2 Å². The Balaban J connectivity index is 1.59. The van der Waals surface area contributed by atoms with Crippen LogP contribution in [0.4, 0.5) is 8.78 Å². The van der Waals surface area contributed by atoms with Crippen molar-refractivity contribution in [2.75, 3.05) is 6.54 Å². The van der Waals surface area contributed by atoms with E-state index in [1.807, 2.05) is 17.5 Å². The molecule has 0 saturated carbocycles. The van der Waals surface area contributed by atoms with Crippen molar-refractivity contribution < 1.29 is 13.6 Å². The Morgan fingerprint density at radius 2 is 1.88 bits per heavy atom. The first kappa shape index (κ1) is 17.9. The minimum Gasteiger partial charge on any atom is -0.352 e. The third-order valence-corrected chi connectivity index (χ3v) is 4.55. The van der Waals surface area contributed by atoms with Gasteiger partial charge in [0.1, 0.15) is 22.9 Å². The zero-order valence-corrected chi connectivity index (χ0v) is 14.4. The molecule has 1 N–H and O–H groups in total. The van der Waals surface area contributed by atoms with Gasteiger partial charge < -0.3 is 5.32 Å². The lowest BCUT2D eigenvalue weighted by Crippen LogP contribution is -2.29. The minimum atomic E-state index is -0.913. The van der Waals surface area contributed by atoms with Gasteiger partial charge >= 0.3 is 0 Å². The predicted octanol–water partition coefficient (Wildman–Crippen LogP) is 3.07. The highest BCUT2D eigenvalue weighted by atomic mass is 32.1. The van der Waals surface area contributed by atoms with Gasteiger partial charge in [0.05, 0.1) is 4.88 Å². The Bertz CT molecular complexity index is 951. The number of aromatic nitrogens is 2. The summed E-state index contributed by atoms with van der Waals surface area (Å²) in [6.45, 7) is 0.433. The summed E-state index contributed by atoms with van der Waals surface area (Å²) in [4.78, 5) is 24.7. The largest absolute Gasteiger partial charge is 0.352 e. The SMILES string of the molecule is O=C(NCCCn1nc(-c2cccs2)ccc1=O)c1c(F)cccc1F. The topological polar surface area (TPSA) is 64.0 Å². The number of rotatable bonds is 6. The molecular formula is C18H15F2N3O2S. The van der Waals surface area contributed by atoms with E-state index in [9.17, 15) is 18.4 Å². The van der Waals surface area contributed by atoms with Crippen LogP contribution in [0.5, 0.6) is 0 Å². The Morgan fingerprint density at radius 3 is 2.58 bits per heavy atom. The molecule has 2 aromatic heterocycles. The summed E-state index contributed by atoms with van der Waals surface area (Å²) in [5.74, 6) is -2.65. The van der Waals surface area contributed by atoms with Crippen LogP contribution in [0.25, 0.3) is 10.6 Å². The van der Waals surface area contributed by atoms with Crippen LogP contribution in [0.1, 0.15) is 16.8 Å². The van der Waals surface area contributed by atoms with Crippen molar-refractivity contribution in [1.82, 2.24) is 15.1 Å². The number of carbonyl (C=O) groups excluding carboxylic acids is 1. The molecule has 0 aliphatic rings. The van der Waals surface area contributed by atoms with E-state index in [1.165, 1.54) is 28.2 Å². The summed E-state index contributed by atoms with van der Waals surface area (Å²) in [5.41, 5.74) is -0.170. The quantitative estimate of drug-likeness (QED) is 0.674. The van der Waals surface area contributed by atoms with Crippen LogP contribution in [0.15, 0.2) is 52.6 Å². The number of carbonyl (C=O) groups is 1. The molecule has 134 valence electrons. The number of halogens is 2. The second kappa shape index (κ2) is 8.01. The number of amides is 1. The highest BCUT2D eigenvalue weighted by Gasteiger charge is 2.16. The molecular weight excluding hydrogens is 360 g/mol. The van der Waals surface area contributed by atoms with Crippen LogP contribution in [-0.2, 0) is 6.54 Å². The lowest BCUT2D eigenvalue weighted by atomic mass is 10.2. The van der Waals surface area contributed by atoms with E-state index in [0.717, 1.165) is 17.0 Å². The summed E-state index contributed by atoms with van der Waals surface area (Å²) in [7, 11) is 0. The molecule has 26 heavy (non-hydrogen) atoms. The average Bonchev–Trinajstić information content (AvgIpc) is 3.14. The highest BCUT2D eigenvalue weighted by molar-refractivity contribution is 7.13. The number of nitrogens with zero attached hydrogens (tertiary/aromatic N) is 2. The molecule has 0 radical (unpaired) electrons. The van der Waals surface area contributed by atoms with Gasteiger partial charge in [-0.3, -0.25) is 9.59 Å². The van der Waals surface area contributed by atoms with E-state index < -0.39 is 23.1 Å². The van der Waals surface area contributed by atoms with Gasteiger partial charge in [-0.2, -0.15) is 5.10 Å². The van der Waals surface area contributed by atoms with Gasteiger partial charge in [-0.05, 0) is 36.1 Å². The molecule has 0 saturated heterocycles. The van der Waals surface area contributed by atoms with Gasteiger partial charge in [-0.25, -0.2) is 13.5 Å². The van der Waals surface area contributed by atoms with Crippen molar-refractivity contribution in [3.05, 3.63) is 75.4 Å². The Hall–Kier alpha value is -2.87. The van der Waals surface area contributed by atoms with Crippen molar-refractivity contribution in [2.45, 2.75) is 13.0 Å². The summed E-state index contributed by atoms with van der Waals surface area (Å²) >= 11 is 1.52. The fraction of sp³-hybridized carbons (Fsp3) is 0.167. The second-order valence-electron chi connectivity index (χ2n) is 5.46. The maximum Gasteiger partial charge on any atom is 0.266 e. The van der Waals surface area contributed by atoms with Crippen molar-refractivity contribution in [2.24, 2.45) is 0 Å². The first-order valence-electron chi connectivity index (χ1n) is 7.90. The summed E-state index contributed by atoms with van der Waals surface area (Å²) in [6, 6.07) is 10.2. The fourth-order valence-corrected chi connectivity index (χ4v) is 3.09. The van der Waals surface area contributed by atoms with Gasteiger partial charge in [0.2, 0.25) is 0 Å². The lowest BCUT2D eigenvalue weighted by Gasteiger charge is -2.08. The van der Waals surface area contributed by atoms with Crippen LogP contribution in [0.3, 0.4) is 0 Å². The zero-order chi connectivity index (χ0) is 18.5. The molecule has 0 aliphatic heterocycles. The van der Waals surface area contributed by atoms with Crippen molar-refractivity contribution in [3.63, 3.8) is 0 Å². The predicted molar refractivity (Wildman–Crippen MR) is 95.1 cm³/mol. The molecule has 0 spiro atoms. The molecule has 3 aromatic rings. The summed E-state index contributed by atoms with van der Waals surface area (Å²) in [6.07, 6.45) is 0.391. The number of nitrogens with one attached hydrogen (secondary N) is 1. The Labute approximate surface area is 151 Å². The molecule has 0 aliphatic carbocycles. The molecule has 1 aromatic carbocycles. The van der Waals surface area contributed by atoms with E-state index in [1.54, 1.807) is 6.07 Å². The molecule has 0 unspecified atom stereocenters.